The van der Waals surface area contributed by atoms with E-state index in [1.54, 1.807) is 0 Å². The van der Waals surface area contributed by atoms with Gasteiger partial charge in [-0.1, -0.05) is 41.9 Å². The monoisotopic (exact) mass is 320 g/mol. The molecular formula is C21H36O2. The highest BCUT2D eigenvalue weighted by Crippen LogP contribution is 2.15. The Bertz CT molecular complexity index is 433. The van der Waals surface area contributed by atoms with E-state index in [9.17, 15) is 9.90 Å². The maximum absolute atomic E-state index is 12.0. The van der Waals surface area contributed by atoms with Crippen LogP contribution in [0, 0.1) is 5.92 Å². The molecule has 0 aliphatic carbocycles. The van der Waals surface area contributed by atoms with Gasteiger partial charge < -0.3 is 5.11 Å². The van der Waals surface area contributed by atoms with Gasteiger partial charge in [-0.2, -0.15) is 0 Å². The predicted octanol–water partition coefficient (Wildman–Crippen LogP) is 5.77. The van der Waals surface area contributed by atoms with Gasteiger partial charge >= 0.3 is 0 Å². The Morgan fingerprint density at radius 3 is 2.09 bits per heavy atom. The van der Waals surface area contributed by atoms with Gasteiger partial charge in [-0.15, -0.1) is 0 Å². The van der Waals surface area contributed by atoms with Gasteiger partial charge in [0.25, 0.3) is 0 Å². The van der Waals surface area contributed by atoms with Crippen molar-refractivity contribution in [1.29, 1.82) is 0 Å². The minimum Gasteiger partial charge on any atom is -0.389 e. The van der Waals surface area contributed by atoms with Crippen molar-refractivity contribution in [2.24, 2.45) is 5.92 Å². The lowest BCUT2D eigenvalue weighted by Crippen LogP contribution is -2.14. The minimum absolute atomic E-state index is 0.163. The first-order chi connectivity index (χ1) is 10.7. The van der Waals surface area contributed by atoms with Crippen molar-refractivity contribution in [2.75, 3.05) is 0 Å². The summed E-state index contributed by atoms with van der Waals surface area (Å²) in [7, 11) is 0. The Hall–Kier alpha value is -1.15. The summed E-state index contributed by atoms with van der Waals surface area (Å²) < 4.78 is 0. The van der Waals surface area contributed by atoms with Crippen molar-refractivity contribution < 1.29 is 9.90 Å². The lowest BCUT2D eigenvalue weighted by molar-refractivity contribution is -0.121. The first-order valence-corrected chi connectivity index (χ1v) is 8.84. The summed E-state index contributed by atoms with van der Waals surface area (Å²) in [6, 6.07) is 0. The SMILES string of the molecule is CC(C)=CCC/C(C)=C/C(O)CC(=O)CC(C)CCC=C(C)C. The fourth-order valence-corrected chi connectivity index (χ4v) is 2.52. The van der Waals surface area contributed by atoms with Gasteiger partial charge in [-0.3, -0.25) is 4.79 Å². The summed E-state index contributed by atoms with van der Waals surface area (Å²) >= 11 is 0. The van der Waals surface area contributed by atoms with Crippen LogP contribution in [0.3, 0.4) is 0 Å². The summed E-state index contributed by atoms with van der Waals surface area (Å²) in [6.07, 6.45) is 10.4. The van der Waals surface area contributed by atoms with E-state index in [-0.39, 0.29) is 12.2 Å². The second kappa shape index (κ2) is 12.3. The topological polar surface area (TPSA) is 37.3 Å². The van der Waals surface area contributed by atoms with E-state index in [4.69, 9.17) is 0 Å². The number of carbonyl (C=O) groups excluding carboxylic acids is 1. The highest BCUT2D eigenvalue weighted by molar-refractivity contribution is 5.79. The van der Waals surface area contributed by atoms with Gasteiger partial charge in [0.2, 0.25) is 0 Å². The highest BCUT2D eigenvalue weighted by atomic mass is 16.3. The fourth-order valence-electron chi connectivity index (χ4n) is 2.52. The number of hydrogen-bond acceptors (Lipinski definition) is 2. The largest absolute Gasteiger partial charge is 0.389 e. The molecule has 0 saturated carbocycles. The van der Waals surface area contributed by atoms with E-state index in [1.165, 1.54) is 11.1 Å². The molecular weight excluding hydrogens is 284 g/mol. The molecule has 0 saturated heterocycles. The van der Waals surface area contributed by atoms with Gasteiger partial charge in [-0.25, -0.2) is 0 Å². The van der Waals surface area contributed by atoms with Gasteiger partial charge in [0.15, 0.2) is 0 Å². The Morgan fingerprint density at radius 2 is 1.52 bits per heavy atom. The zero-order valence-electron chi connectivity index (χ0n) is 16.0. The molecule has 0 fully saturated rings. The summed E-state index contributed by atoms with van der Waals surface area (Å²) in [5.74, 6) is 0.545. The first kappa shape index (κ1) is 21.9. The Kier molecular flexibility index (Phi) is 11.7. The highest BCUT2D eigenvalue weighted by Gasteiger charge is 2.12. The van der Waals surface area contributed by atoms with E-state index in [0.717, 1.165) is 31.3 Å². The maximum atomic E-state index is 12.0. The summed E-state index contributed by atoms with van der Waals surface area (Å²) in [5.41, 5.74) is 3.79. The quantitative estimate of drug-likeness (QED) is 0.490. The van der Waals surface area contributed by atoms with Crippen molar-refractivity contribution >= 4 is 5.78 Å². The molecule has 0 aromatic heterocycles. The van der Waals surface area contributed by atoms with Crippen LogP contribution in [-0.4, -0.2) is 17.0 Å². The van der Waals surface area contributed by atoms with Crippen LogP contribution in [0.2, 0.25) is 0 Å². The van der Waals surface area contributed by atoms with Crippen LogP contribution in [0.25, 0.3) is 0 Å². The summed E-state index contributed by atoms with van der Waals surface area (Å²) in [6.45, 7) is 12.5. The number of rotatable bonds is 11. The van der Waals surface area contributed by atoms with E-state index in [1.807, 2.05) is 13.0 Å². The molecule has 0 aromatic carbocycles. The third kappa shape index (κ3) is 14.2. The molecule has 1 N–H and O–H groups in total. The second-order valence-corrected chi connectivity index (χ2v) is 7.31. The molecule has 0 aliphatic rings. The molecule has 0 radical (unpaired) electrons. The number of allylic oxidation sites excluding steroid dienone is 5. The average Bonchev–Trinajstić information content (AvgIpc) is 2.36. The molecule has 2 atom stereocenters. The molecule has 23 heavy (non-hydrogen) atoms. The average molecular weight is 321 g/mol. The Labute approximate surface area is 143 Å². The van der Waals surface area contributed by atoms with E-state index in [0.29, 0.717) is 12.3 Å². The molecule has 2 nitrogen and oxygen atoms in total. The zero-order chi connectivity index (χ0) is 17.8. The van der Waals surface area contributed by atoms with Crippen molar-refractivity contribution in [3.05, 3.63) is 34.9 Å². The van der Waals surface area contributed by atoms with Gasteiger partial charge in [0, 0.05) is 12.8 Å². The van der Waals surface area contributed by atoms with Crippen LogP contribution in [0.5, 0.6) is 0 Å². The minimum atomic E-state index is -0.640. The van der Waals surface area contributed by atoms with Crippen LogP contribution in [0.15, 0.2) is 34.9 Å². The molecule has 0 spiro atoms. The number of ketones is 1. The molecule has 0 rings (SSSR count). The number of Topliss-reactive ketones (excluding diaryl/α,β-unsaturated/α-hetero) is 1. The van der Waals surface area contributed by atoms with Gasteiger partial charge in [0.05, 0.1) is 6.10 Å². The van der Waals surface area contributed by atoms with E-state index >= 15 is 0 Å². The van der Waals surface area contributed by atoms with Crippen LogP contribution >= 0.6 is 0 Å². The number of aliphatic hydroxyl groups excluding tert-OH is 1. The Balaban J connectivity index is 4.13. The third-order valence-corrected chi connectivity index (χ3v) is 3.79. The molecule has 0 aromatic rings. The smallest absolute Gasteiger partial charge is 0.136 e. The van der Waals surface area contributed by atoms with Crippen molar-refractivity contribution in [3.8, 4) is 0 Å². The lowest BCUT2D eigenvalue weighted by atomic mass is 9.95. The van der Waals surface area contributed by atoms with Crippen LogP contribution < -0.4 is 0 Å². The van der Waals surface area contributed by atoms with E-state index < -0.39 is 6.10 Å². The number of aliphatic hydroxyl groups is 1. The third-order valence-electron chi connectivity index (χ3n) is 3.79. The van der Waals surface area contributed by atoms with E-state index in [2.05, 4.69) is 46.8 Å². The van der Waals surface area contributed by atoms with Crippen LogP contribution in [0.1, 0.15) is 80.1 Å². The second-order valence-electron chi connectivity index (χ2n) is 7.31. The van der Waals surface area contributed by atoms with Crippen LogP contribution in [-0.2, 0) is 4.79 Å². The number of hydrogen-bond donors (Lipinski definition) is 1. The molecule has 0 heterocycles. The summed E-state index contributed by atoms with van der Waals surface area (Å²) in [5, 5.41) is 10.0. The molecule has 0 aliphatic heterocycles. The molecule has 2 heteroatoms. The van der Waals surface area contributed by atoms with Gasteiger partial charge in [0.1, 0.15) is 5.78 Å². The van der Waals surface area contributed by atoms with Gasteiger partial charge in [-0.05, 0) is 66.2 Å². The van der Waals surface area contributed by atoms with Crippen LogP contribution in [0.4, 0.5) is 0 Å². The Morgan fingerprint density at radius 1 is 0.957 bits per heavy atom. The normalized spacial score (nSPS) is 14.1. The molecule has 132 valence electrons. The fraction of sp³-hybridized carbons (Fsp3) is 0.667. The lowest BCUT2D eigenvalue weighted by Gasteiger charge is -2.11. The standard InChI is InChI=1S/C21H36O2/c1-16(2)9-7-11-18(5)13-20(22)15-21(23)14-19(6)12-8-10-17(3)4/h9-10,13,19-20,22H,7-8,11-12,14-15H2,1-6H3/b18-13+. The van der Waals surface area contributed by atoms with Crippen molar-refractivity contribution in [3.63, 3.8) is 0 Å². The first-order valence-electron chi connectivity index (χ1n) is 8.84. The van der Waals surface area contributed by atoms with Crippen molar-refractivity contribution in [2.45, 2.75) is 86.2 Å². The van der Waals surface area contributed by atoms with Crippen molar-refractivity contribution in [1.82, 2.24) is 0 Å². The predicted molar refractivity (Wildman–Crippen MR) is 100 cm³/mol. The molecule has 0 amide bonds. The summed E-state index contributed by atoms with van der Waals surface area (Å²) in [4.78, 5) is 12.0. The zero-order valence-corrected chi connectivity index (χ0v) is 16.0. The molecule has 2 unspecified atom stereocenters. The number of carbonyl (C=O) groups is 1. The maximum Gasteiger partial charge on any atom is 0.136 e. The molecule has 0 bridgehead atoms.